The molecule has 4 nitrogen and oxygen atoms in total. The maximum atomic E-state index is 11.8. The number of hydrogen-bond acceptors (Lipinski definition) is 3. The Morgan fingerprint density at radius 1 is 1.19 bits per heavy atom. The summed E-state index contributed by atoms with van der Waals surface area (Å²) < 4.78 is 0. The number of halogens is 1. The highest BCUT2D eigenvalue weighted by molar-refractivity contribution is 6.30. The highest BCUT2D eigenvalue weighted by atomic mass is 35.5. The van der Waals surface area contributed by atoms with Crippen LogP contribution in [0.4, 0.5) is 5.69 Å². The number of rotatable bonds is 7. The van der Waals surface area contributed by atoms with E-state index in [1.165, 1.54) is 5.56 Å². The van der Waals surface area contributed by atoms with Gasteiger partial charge in [0.15, 0.2) is 0 Å². The Kier molecular flexibility index (Phi) is 7.42. The molecule has 0 aliphatic rings. The van der Waals surface area contributed by atoms with E-state index in [0.29, 0.717) is 10.9 Å². The van der Waals surface area contributed by atoms with E-state index in [1.807, 2.05) is 25.1 Å². The lowest BCUT2D eigenvalue weighted by atomic mass is 10.0. The molecule has 2 rings (SSSR count). The number of allylic oxidation sites excluding steroid dienone is 1. The number of carbonyl (C=O) groups is 1. The van der Waals surface area contributed by atoms with E-state index < -0.39 is 0 Å². The molecule has 2 aromatic carbocycles. The van der Waals surface area contributed by atoms with Gasteiger partial charge in [-0.2, -0.15) is 5.10 Å². The summed E-state index contributed by atoms with van der Waals surface area (Å²) in [6, 6.07) is 15.6. The third kappa shape index (κ3) is 6.73. The molecule has 5 heteroatoms. The molecule has 0 atom stereocenters. The molecule has 0 spiro atoms. The lowest BCUT2D eigenvalue weighted by Gasteiger charge is -2.05. The predicted molar refractivity (Wildman–Crippen MR) is 111 cm³/mol. The molecule has 26 heavy (non-hydrogen) atoms. The van der Waals surface area contributed by atoms with E-state index in [9.17, 15) is 4.79 Å². The molecule has 0 saturated heterocycles. The molecule has 0 aromatic heterocycles. The molecule has 0 aliphatic heterocycles. The van der Waals surface area contributed by atoms with E-state index in [4.69, 9.17) is 11.6 Å². The summed E-state index contributed by atoms with van der Waals surface area (Å²) in [4.78, 5) is 11.8. The van der Waals surface area contributed by atoms with Crippen LogP contribution in [0.3, 0.4) is 0 Å². The standard InChI is InChI=1S/C21H24ClN3O/c1-15(2)18-9-7-17(8-10-18)11-16(3)13-24-25-21(26)14-23-20-6-4-5-19(22)12-20/h4-13,15,23H,14H2,1-3H3,(H,25,26)/b16-11-,24-13?. The van der Waals surface area contributed by atoms with Gasteiger partial charge in [-0.25, -0.2) is 5.43 Å². The van der Waals surface area contributed by atoms with Gasteiger partial charge in [-0.3, -0.25) is 4.79 Å². The van der Waals surface area contributed by atoms with Crippen molar-refractivity contribution in [3.05, 3.63) is 70.3 Å². The number of carbonyl (C=O) groups excluding carboxylic acids is 1. The quantitative estimate of drug-likeness (QED) is 0.528. The maximum Gasteiger partial charge on any atom is 0.259 e. The third-order valence-corrected chi connectivity index (χ3v) is 3.97. The van der Waals surface area contributed by atoms with Gasteiger partial charge in [0.05, 0.1) is 12.8 Å². The molecule has 0 saturated carbocycles. The largest absolute Gasteiger partial charge is 0.376 e. The van der Waals surface area contributed by atoms with Crippen molar-refractivity contribution < 1.29 is 4.79 Å². The van der Waals surface area contributed by atoms with E-state index >= 15 is 0 Å². The van der Waals surface area contributed by atoms with Crippen LogP contribution in [0.25, 0.3) is 6.08 Å². The van der Waals surface area contributed by atoms with Crippen molar-refractivity contribution in [3.8, 4) is 0 Å². The summed E-state index contributed by atoms with van der Waals surface area (Å²) in [5.41, 5.74) is 6.66. The van der Waals surface area contributed by atoms with Crippen LogP contribution in [0.1, 0.15) is 37.8 Å². The monoisotopic (exact) mass is 369 g/mol. The van der Waals surface area contributed by atoms with Crippen molar-refractivity contribution in [2.24, 2.45) is 5.10 Å². The summed E-state index contributed by atoms with van der Waals surface area (Å²) in [6.07, 6.45) is 3.65. The van der Waals surface area contributed by atoms with Gasteiger partial charge in [-0.1, -0.05) is 61.9 Å². The summed E-state index contributed by atoms with van der Waals surface area (Å²) >= 11 is 5.90. The van der Waals surface area contributed by atoms with Crippen LogP contribution in [-0.4, -0.2) is 18.7 Å². The lowest BCUT2D eigenvalue weighted by molar-refractivity contribution is -0.119. The Morgan fingerprint density at radius 2 is 1.92 bits per heavy atom. The van der Waals surface area contributed by atoms with Gasteiger partial charge in [-0.05, 0) is 47.7 Å². The molecule has 0 unspecified atom stereocenters. The molecule has 2 aromatic rings. The molecule has 0 heterocycles. The number of nitrogens with one attached hydrogen (secondary N) is 2. The van der Waals surface area contributed by atoms with Crippen LogP contribution in [0.5, 0.6) is 0 Å². The van der Waals surface area contributed by atoms with Crippen molar-refractivity contribution in [1.29, 1.82) is 0 Å². The lowest BCUT2D eigenvalue weighted by Crippen LogP contribution is -2.25. The van der Waals surface area contributed by atoms with Crippen LogP contribution in [-0.2, 0) is 4.79 Å². The second-order valence-corrected chi connectivity index (χ2v) is 6.80. The molecule has 0 radical (unpaired) electrons. The van der Waals surface area contributed by atoms with Crippen LogP contribution in [0.15, 0.2) is 59.2 Å². The Labute approximate surface area is 160 Å². The number of amides is 1. The smallest absolute Gasteiger partial charge is 0.259 e. The van der Waals surface area contributed by atoms with Crippen LogP contribution in [0, 0.1) is 0 Å². The van der Waals surface area contributed by atoms with Crippen LogP contribution in [0.2, 0.25) is 5.02 Å². The van der Waals surface area contributed by atoms with E-state index in [2.05, 4.69) is 54.0 Å². The topological polar surface area (TPSA) is 53.5 Å². The first kappa shape index (κ1) is 19.7. The minimum atomic E-state index is -0.227. The first-order valence-corrected chi connectivity index (χ1v) is 8.91. The van der Waals surface area contributed by atoms with Crippen molar-refractivity contribution in [2.45, 2.75) is 26.7 Å². The maximum absolute atomic E-state index is 11.8. The molecule has 1 amide bonds. The van der Waals surface area contributed by atoms with Crippen molar-refractivity contribution in [1.82, 2.24) is 5.43 Å². The number of nitrogens with zero attached hydrogens (tertiary/aromatic N) is 1. The van der Waals surface area contributed by atoms with Gasteiger partial charge in [0.2, 0.25) is 0 Å². The number of benzene rings is 2. The number of hydrazone groups is 1. The summed E-state index contributed by atoms with van der Waals surface area (Å²) in [6.45, 7) is 6.41. The Hall–Kier alpha value is -2.59. The van der Waals surface area contributed by atoms with Crippen molar-refractivity contribution in [3.63, 3.8) is 0 Å². The zero-order valence-electron chi connectivity index (χ0n) is 15.3. The number of anilines is 1. The van der Waals surface area contributed by atoms with Crippen LogP contribution < -0.4 is 10.7 Å². The first-order chi connectivity index (χ1) is 12.4. The van der Waals surface area contributed by atoms with Crippen LogP contribution >= 0.6 is 11.6 Å². The van der Waals surface area contributed by atoms with Gasteiger partial charge in [0.25, 0.3) is 5.91 Å². The fourth-order valence-electron chi connectivity index (χ4n) is 2.30. The Balaban J connectivity index is 1.81. The third-order valence-electron chi connectivity index (χ3n) is 3.73. The van der Waals surface area contributed by atoms with Crippen molar-refractivity contribution in [2.75, 3.05) is 11.9 Å². The average molecular weight is 370 g/mol. The summed E-state index contributed by atoms with van der Waals surface area (Å²) in [5.74, 6) is 0.293. The second kappa shape index (κ2) is 9.78. The van der Waals surface area contributed by atoms with E-state index in [-0.39, 0.29) is 12.5 Å². The first-order valence-electron chi connectivity index (χ1n) is 8.53. The van der Waals surface area contributed by atoms with E-state index in [1.54, 1.807) is 18.3 Å². The summed E-state index contributed by atoms with van der Waals surface area (Å²) in [5, 5.41) is 7.60. The summed E-state index contributed by atoms with van der Waals surface area (Å²) in [7, 11) is 0. The minimum absolute atomic E-state index is 0.122. The fourth-order valence-corrected chi connectivity index (χ4v) is 2.49. The molecule has 0 bridgehead atoms. The SMILES string of the molecule is C/C(C=NNC(=O)CNc1cccc(Cl)c1)=C/c1ccc(C(C)C)cc1. The second-order valence-electron chi connectivity index (χ2n) is 6.37. The van der Waals surface area contributed by atoms with Gasteiger partial charge in [0, 0.05) is 10.7 Å². The van der Waals surface area contributed by atoms with Gasteiger partial charge in [-0.15, -0.1) is 0 Å². The highest BCUT2D eigenvalue weighted by Gasteiger charge is 2.00. The minimum Gasteiger partial charge on any atom is -0.376 e. The molecule has 0 fully saturated rings. The fraction of sp³-hybridized carbons (Fsp3) is 0.238. The van der Waals surface area contributed by atoms with Crippen molar-refractivity contribution >= 4 is 35.5 Å². The zero-order chi connectivity index (χ0) is 18.9. The number of hydrogen-bond donors (Lipinski definition) is 2. The molecular formula is C21H24ClN3O. The Morgan fingerprint density at radius 3 is 2.58 bits per heavy atom. The average Bonchev–Trinajstić information content (AvgIpc) is 2.60. The van der Waals surface area contributed by atoms with Gasteiger partial charge >= 0.3 is 0 Å². The van der Waals surface area contributed by atoms with Gasteiger partial charge in [0.1, 0.15) is 0 Å². The van der Waals surface area contributed by atoms with Gasteiger partial charge < -0.3 is 5.32 Å². The molecule has 0 aliphatic carbocycles. The normalized spacial score (nSPS) is 11.8. The predicted octanol–water partition coefficient (Wildman–Crippen LogP) is 5.08. The molecular weight excluding hydrogens is 346 g/mol. The molecule has 2 N–H and O–H groups in total. The van der Waals surface area contributed by atoms with E-state index in [0.717, 1.165) is 16.8 Å². The molecule has 136 valence electrons. The Bertz CT molecular complexity index is 795. The zero-order valence-corrected chi connectivity index (χ0v) is 16.0. The highest BCUT2D eigenvalue weighted by Crippen LogP contribution is 2.16.